The van der Waals surface area contributed by atoms with E-state index in [1.54, 1.807) is 0 Å². The molecule has 0 unspecified atom stereocenters. The van der Waals surface area contributed by atoms with Crippen molar-refractivity contribution < 1.29 is 4.43 Å². The van der Waals surface area contributed by atoms with Crippen LogP contribution in [0.1, 0.15) is 59.1 Å². The number of aryl methyl sites for hydroxylation is 1. The Labute approximate surface area is 138 Å². The van der Waals surface area contributed by atoms with Crippen LogP contribution in [0, 0.1) is 0 Å². The van der Waals surface area contributed by atoms with E-state index in [2.05, 4.69) is 72.8 Å². The Morgan fingerprint density at radius 1 is 1.05 bits per heavy atom. The topological polar surface area (TPSA) is 35.2 Å². The molecule has 0 aliphatic carbocycles. The molecule has 1 aromatic carbocycles. The minimum atomic E-state index is -1.61. The fourth-order valence-electron chi connectivity index (χ4n) is 2.27. The SMILES string of the molecule is CC(C)(C)c1ccc(CCCO[Si](C)(C)C(C)(C)C)cc1N. The van der Waals surface area contributed by atoms with Crippen LogP contribution in [0.2, 0.25) is 18.1 Å². The van der Waals surface area contributed by atoms with Crippen LogP contribution < -0.4 is 5.73 Å². The van der Waals surface area contributed by atoms with Crippen molar-refractivity contribution >= 4 is 14.0 Å². The lowest BCUT2D eigenvalue weighted by Crippen LogP contribution is -2.41. The molecule has 0 aliphatic rings. The molecule has 3 heteroatoms. The maximum Gasteiger partial charge on any atom is 0.191 e. The van der Waals surface area contributed by atoms with Gasteiger partial charge in [0.1, 0.15) is 0 Å². The Bertz CT molecular complexity index is 495. The molecule has 0 aliphatic heterocycles. The van der Waals surface area contributed by atoms with Crippen LogP contribution in [0.25, 0.3) is 0 Å². The van der Waals surface area contributed by atoms with E-state index >= 15 is 0 Å². The minimum Gasteiger partial charge on any atom is -0.417 e. The number of benzene rings is 1. The van der Waals surface area contributed by atoms with E-state index in [1.165, 1.54) is 11.1 Å². The highest BCUT2D eigenvalue weighted by Crippen LogP contribution is 2.36. The molecule has 0 radical (unpaired) electrons. The zero-order valence-corrected chi connectivity index (χ0v) is 16.8. The molecular weight excluding hydrogens is 286 g/mol. The molecule has 0 saturated heterocycles. The minimum absolute atomic E-state index is 0.105. The number of nitrogen functional groups attached to an aromatic ring is 1. The maximum atomic E-state index is 6.23. The lowest BCUT2D eigenvalue weighted by molar-refractivity contribution is 0.282. The van der Waals surface area contributed by atoms with Gasteiger partial charge in [-0.3, -0.25) is 0 Å². The molecule has 0 fully saturated rings. The van der Waals surface area contributed by atoms with Gasteiger partial charge in [-0.2, -0.15) is 0 Å². The van der Waals surface area contributed by atoms with Gasteiger partial charge in [0.05, 0.1) is 0 Å². The van der Waals surface area contributed by atoms with Crippen molar-refractivity contribution in [3.8, 4) is 0 Å². The maximum absolute atomic E-state index is 6.23. The van der Waals surface area contributed by atoms with Gasteiger partial charge in [0.25, 0.3) is 0 Å². The van der Waals surface area contributed by atoms with Gasteiger partial charge in [-0.15, -0.1) is 0 Å². The second-order valence-corrected chi connectivity index (χ2v) is 13.7. The van der Waals surface area contributed by atoms with E-state index in [0.717, 1.165) is 25.1 Å². The fourth-order valence-corrected chi connectivity index (χ4v) is 3.36. The first kappa shape index (κ1) is 19.2. The Kier molecular flexibility index (Phi) is 5.91. The summed E-state index contributed by atoms with van der Waals surface area (Å²) in [5.74, 6) is 0. The smallest absolute Gasteiger partial charge is 0.191 e. The predicted molar refractivity (Wildman–Crippen MR) is 101 cm³/mol. The summed E-state index contributed by atoms with van der Waals surface area (Å²) in [6.07, 6.45) is 2.09. The third-order valence-electron chi connectivity index (χ3n) is 4.80. The monoisotopic (exact) mass is 321 g/mol. The third kappa shape index (κ3) is 5.13. The molecule has 0 atom stereocenters. The van der Waals surface area contributed by atoms with Crippen LogP contribution in [0.4, 0.5) is 5.69 Å². The van der Waals surface area contributed by atoms with Gasteiger partial charge < -0.3 is 10.2 Å². The highest BCUT2D eigenvalue weighted by Gasteiger charge is 2.36. The summed E-state index contributed by atoms with van der Waals surface area (Å²) in [5.41, 5.74) is 9.77. The average Bonchev–Trinajstić information content (AvgIpc) is 2.31. The lowest BCUT2D eigenvalue weighted by Gasteiger charge is -2.36. The van der Waals surface area contributed by atoms with Crippen LogP contribution in [0.3, 0.4) is 0 Å². The number of hydrogen-bond donors (Lipinski definition) is 1. The molecule has 22 heavy (non-hydrogen) atoms. The zero-order chi connectivity index (χ0) is 17.2. The summed E-state index contributed by atoms with van der Waals surface area (Å²) in [6, 6.07) is 6.52. The molecule has 1 rings (SSSR count). The highest BCUT2D eigenvalue weighted by atomic mass is 28.4. The Morgan fingerprint density at radius 3 is 2.09 bits per heavy atom. The summed E-state index contributed by atoms with van der Waals surface area (Å²) in [7, 11) is -1.61. The molecule has 0 bridgehead atoms. The molecule has 0 aromatic heterocycles. The number of anilines is 1. The third-order valence-corrected chi connectivity index (χ3v) is 9.34. The van der Waals surface area contributed by atoms with E-state index in [9.17, 15) is 0 Å². The van der Waals surface area contributed by atoms with Gasteiger partial charge in [0.15, 0.2) is 8.32 Å². The quantitative estimate of drug-likeness (QED) is 0.440. The Balaban J connectivity index is 2.55. The molecular formula is C19H35NOSi. The van der Waals surface area contributed by atoms with Gasteiger partial charge in [-0.05, 0) is 53.6 Å². The second kappa shape index (κ2) is 6.75. The van der Waals surface area contributed by atoms with Crippen molar-refractivity contribution in [2.24, 2.45) is 0 Å². The van der Waals surface area contributed by atoms with E-state index in [0.29, 0.717) is 0 Å². The molecule has 0 amide bonds. The van der Waals surface area contributed by atoms with Crippen LogP contribution >= 0.6 is 0 Å². The molecule has 0 heterocycles. The molecule has 2 nitrogen and oxygen atoms in total. The van der Waals surface area contributed by atoms with Crippen molar-refractivity contribution in [3.05, 3.63) is 29.3 Å². The van der Waals surface area contributed by atoms with Crippen LogP contribution in [0.5, 0.6) is 0 Å². The van der Waals surface area contributed by atoms with Gasteiger partial charge in [-0.25, -0.2) is 0 Å². The van der Waals surface area contributed by atoms with Crippen molar-refractivity contribution in [2.75, 3.05) is 12.3 Å². The van der Waals surface area contributed by atoms with E-state index in [4.69, 9.17) is 10.2 Å². The second-order valence-electron chi connectivity index (χ2n) is 8.88. The molecule has 0 saturated carbocycles. The first-order chi connectivity index (χ1) is 9.84. The van der Waals surface area contributed by atoms with Crippen LogP contribution in [0.15, 0.2) is 18.2 Å². The highest BCUT2D eigenvalue weighted by molar-refractivity contribution is 6.74. The van der Waals surface area contributed by atoms with Gasteiger partial charge in [0, 0.05) is 12.3 Å². The molecule has 1 aromatic rings. The fraction of sp³-hybridized carbons (Fsp3) is 0.684. The predicted octanol–water partition coefficient (Wildman–Crippen LogP) is 5.52. The number of hydrogen-bond acceptors (Lipinski definition) is 2. The molecule has 126 valence electrons. The van der Waals surface area contributed by atoms with Gasteiger partial charge in [-0.1, -0.05) is 53.7 Å². The summed E-state index contributed by atoms with van der Waals surface area (Å²) < 4.78 is 6.23. The van der Waals surface area contributed by atoms with Crippen molar-refractivity contribution in [1.29, 1.82) is 0 Å². The largest absolute Gasteiger partial charge is 0.417 e. The van der Waals surface area contributed by atoms with Gasteiger partial charge in [0.2, 0.25) is 0 Å². The Morgan fingerprint density at radius 2 is 1.64 bits per heavy atom. The summed E-state index contributed by atoms with van der Waals surface area (Å²) in [5, 5.41) is 0.284. The van der Waals surface area contributed by atoms with Crippen molar-refractivity contribution in [2.45, 2.75) is 77.9 Å². The molecule has 2 N–H and O–H groups in total. The van der Waals surface area contributed by atoms with Crippen LogP contribution in [-0.2, 0) is 16.3 Å². The van der Waals surface area contributed by atoms with E-state index in [-0.39, 0.29) is 10.5 Å². The standard InChI is InChI=1S/C19H35NOSi/c1-18(2,3)16-12-11-15(14-17(16)20)10-9-13-21-22(7,8)19(4,5)6/h11-12,14H,9-10,13,20H2,1-8H3. The lowest BCUT2D eigenvalue weighted by atomic mass is 9.85. The van der Waals surface area contributed by atoms with Crippen LogP contribution in [-0.4, -0.2) is 14.9 Å². The molecule has 0 spiro atoms. The number of rotatable bonds is 5. The average molecular weight is 322 g/mol. The van der Waals surface area contributed by atoms with E-state index < -0.39 is 8.32 Å². The summed E-state index contributed by atoms with van der Waals surface area (Å²) in [4.78, 5) is 0. The Hall–Kier alpha value is -0.803. The first-order valence-corrected chi connectivity index (χ1v) is 11.3. The summed E-state index contributed by atoms with van der Waals surface area (Å²) in [6.45, 7) is 18.9. The number of nitrogens with two attached hydrogens (primary N) is 1. The van der Waals surface area contributed by atoms with Crippen molar-refractivity contribution in [1.82, 2.24) is 0 Å². The normalized spacial score (nSPS) is 13.5. The first-order valence-electron chi connectivity index (χ1n) is 8.37. The summed E-state index contributed by atoms with van der Waals surface area (Å²) >= 11 is 0. The van der Waals surface area contributed by atoms with Crippen molar-refractivity contribution in [3.63, 3.8) is 0 Å². The van der Waals surface area contributed by atoms with Gasteiger partial charge >= 0.3 is 0 Å². The zero-order valence-electron chi connectivity index (χ0n) is 15.8. The van der Waals surface area contributed by atoms with E-state index in [1.807, 2.05) is 0 Å².